The van der Waals surface area contributed by atoms with E-state index in [1.807, 2.05) is 0 Å². The number of hydrogen-bond donors (Lipinski definition) is 1. The van der Waals surface area contributed by atoms with E-state index < -0.39 is 39.5 Å². The number of aryl methyl sites for hydroxylation is 1. The van der Waals surface area contributed by atoms with Crippen molar-refractivity contribution >= 4 is 15.8 Å². The highest BCUT2D eigenvalue weighted by Crippen LogP contribution is 2.25. The van der Waals surface area contributed by atoms with Gasteiger partial charge in [0.2, 0.25) is 10.0 Å². The molecule has 3 rings (SSSR count). The van der Waals surface area contributed by atoms with Gasteiger partial charge in [0.25, 0.3) is 0 Å². The number of Topliss-reactive ketones (excluding diaryl/α,β-unsaturated/α-hetero) is 1. The van der Waals surface area contributed by atoms with Crippen LogP contribution in [-0.2, 0) is 17.1 Å². The van der Waals surface area contributed by atoms with Gasteiger partial charge in [-0.05, 0) is 24.3 Å². The van der Waals surface area contributed by atoms with E-state index in [1.165, 1.54) is 41.1 Å². The summed E-state index contributed by atoms with van der Waals surface area (Å²) < 4.78 is 56.8. The minimum absolute atomic E-state index is 0.0551. The number of carbonyl (C=O) groups is 1. The second-order valence-electron chi connectivity index (χ2n) is 5.71. The molecule has 0 radical (unpaired) electrons. The first-order valence-electron chi connectivity index (χ1n) is 7.85. The molecular formula is C18H15F2N3O3S. The van der Waals surface area contributed by atoms with Crippen LogP contribution in [0.5, 0.6) is 0 Å². The maximum absolute atomic E-state index is 14.8. The zero-order chi connectivity index (χ0) is 19.6. The first kappa shape index (κ1) is 18.9. The number of nitrogens with zero attached hydrogens (tertiary/aromatic N) is 2. The maximum atomic E-state index is 14.8. The minimum Gasteiger partial charge on any atom is -0.334 e. The molecule has 140 valence electrons. The van der Waals surface area contributed by atoms with Gasteiger partial charge in [0.1, 0.15) is 17.5 Å². The molecule has 0 aliphatic heterocycles. The summed E-state index contributed by atoms with van der Waals surface area (Å²) in [6.07, 6.45) is 3.02. The molecule has 3 aromatic rings. The second-order valence-corrected chi connectivity index (χ2v) is 7.47. The number of ketones is 1. The molecule has 0 unspecified atom stereocenters. The van der Waals surface area contributed by atoms with Crippen molar-refractivity contribution < 1.29 is 22.0 Å². The van der Waals surface area contributed by atoms with Crippen molar-refractivity contribution in [2.75, 3.05) is 6.54 Å². The molecule has 0 fully saturated rings. The molecule has 0 atom stereocenters. The van der Waals surface area contributed by atoms with Crippen LogP contribution in [0.2, 0.25) is 0 Å². The Balaban J connectivity index is 1.88. The summed E-state index contributed by atoms with van der Waals surface area (Å²) in [5, 5.41) is 0. The van der Waals surface area contributed by atoms with Crippen LogP contribution in [0.4, 0.5) is 8.78 Å². The van der Waals surface area contributed by atoms with Gasteiger partial charge in [0.05, 0.1) is 22.6 Å². The molecule has 0 aliphatic carbocycles. The molecule has 1 aromatic heterocycles. The molecule has 6 nitrogen and oxygen atoms in total. The lowest BCUT2D eigenvalue weighted by molar-refractivity contribution is 0.0989. The van der Waals surface area contributed by atoms with Gasteiger partial charge in [-0.1, -0.05) is 18.2 Å². The Hall–Kier alpha value is -2.91. The fourth-order valence-corrected chi connectivity index (χ4v) is 3.54. The number of halogens is 2. The average Bonchev–Trinajstić information content (AvgIpc) is 3.07. The fourth-order valence-electron chi connectivity index (χ4n) is 2.54. The first-order chi connectivity index (χ1) is 12.8. The number of nitrogens with one attached hydrogen (secondary N) is 1. The van der Waals surface area contributed by atoms with Crippen molar-refractivity contribution in [3.05, 3.63) is 72.1 Å². The summed E-state index contributed by atoms with van der Waals surface area (Å²) in [6, 6.07) is 9.49. The third kappa shape index (κ3) is 3.79. The largest absolute Gasteiger partial charge is 0.334 e. The quantitative estimate of drug-likeness (QED) is 0.655. The number of hydrogen-bond acceptors (Lipinski definition) is 4. The van der Waals surface area contributed by atoms with Crippen LogP contribution in [0.3, 0.4) is 0 Å². The zero-order valence-corrected chi connectivity index (χ0v) is 15.0. The summed E-state index contributed by atoms with van der Waals surface area (Å²) in [5.74, 6) is -2.98. The van der Waals surface area contributed by atoms with Gasteiger partial charge in [0.15, 0.2) is 5.78 Å². The molecule has 0 spiro atoms. The Kier molecular flexibility index (Phi) is 5.15. The molecule has 0 bridgehead atoms. The van der Waals surface area contributed by atoms with E-state index in [-0.39, 0.29) is 16.3 Å². The SMILES string of the molecule is Cn1ccnc1-c1ccc(F)c(C(=O)CNS(=O)(=O)c2ccccc2)c1F. The molecule has 2 aromatic carbocycles. The van der Waals surface area contributed by atoms with Crippen LogP contribution in [0.1, 0.15) is 10.4 Å². The molecule has 9 heteroatoms. The summed E-state index contributed by atoms with van der Waals surface area (Å²) >= 11 is 0. The van der Waals surface area contributed by atoms with E-state index in [2.05, 4.69) is 9.71 Å². The van der Waals surface area contributed by atoms with Crippen LogP contribution >= 0.6 is 0 Å². The van der Waals surface area contributed by atoms with Crippen LogP contribution in [0.15, 0.2) is 59.8 Å². The highest BCUT2D eigenvalue weighted by atomic mass is 32.2. The normalized spacial score (nSPS) is 11.5. The number of carbonyl (C=O) groups excluding carboxylic acids is 1. The van der Waals surface area contributed by atoms with Crippen LogP contribution in [-0.4, -0.2) is 30.3 Å². The van der Waals surface area contributed by atoms with Crippen LogP contribution < -0.4 is 4.72 Å². The maximum Gasteiger partial charge on any atom is 0.240 e. The predicted octanol–water partition coefficient (Wildman–Crippen LogP) is 2.53. The smallest absolute Gasteiger partial charge is 0.240 e. The minimum atomic E-state index is -3.98. The number of benzene rings is 2. The van der Waals surface area contributed by atoms with Crippen molar-refractivity contribution in [1.82, 2.24) is 14.3 Å². The Morgan fingerprint density at radius 2 is 1.85 bits per heavy atom. The molecule has 27 heavy (non-hydrogen) atoms. The summed E-state index contributed by atoms with van der Waals surface area (Å²) in [7, 11) is -2.36. The monoisotopic (exact) mass is 391 g/mol. The molecule has 1 heterocycles. The van der Waals surface area contributed by atoms with E-state index >= 15 is 0 Å². The fraction of sp³-hybridized carbons (Fsp3) is 0.111. The van der Waals surface area contributed by atoms with Crippen molar-refractivity contribution in [1.29, 1.82) is 0 Å². The Morgan fingerprint density at radius 3 is 2.48 bits per heavy atom. The molecule has 0 saturated carbocycles. The standard InChI is InChI=1S/C18H15F2N3O3S/c1-23-10-9-21-18(23)13-7-8-14(19)16(17(13)20)15(24)11-22-27(25,26)12-5-3-2-4-6-12/h2-10,22H,11H2,1H3. The van der Waals surface area contributed by atoms with Crippen molar-refractivity contribution in [3.8, 4) is 11.4 Å². The van der Waals surface area contributed by atoms with E-state index in [0.717, 1.165) is 6.07 Å². The second kappa shape index (κ2) is 7.37. The molecule has 0 amide bonds. The van der Waals surface area contributed by atoms with E-state index in [1.54, 1.807) is 19.3 Å². The Bertz CT molecular complexity index is 1100. The third-order valence-electron chi connectivity index (χ3n) is 3.91. The van der Waals surface area contributed by atoms with Crippen molar-refractivity contribution in [2.45, 2.75) is 4.90 Å². The van der Waals surface area contributed by atoms with Crippen molar-refractivity contribution in [2.24, 2.45) is 7.05 Å². The lowest BCUT2D eigenvalue weighted by atomic mass is 10.0. The number of imidazole rings is 1. The van der Waals surface area contributed by atoms with Crippen LogP contribution in [0.25, 0.3) is 11.4 Å². The van der Waals surface area contributed by atoms with Gasteiger partial charge >= 0.3 is 0 Å². The van der Waals surface area contributed by atoms with Crippen molar-refractivity contribution in [3.63, 3.8) is 0 Å². The zero-order valence-electron chi connectivity index (χ0n) is 14.2. The Labute approximate surface area is 154 Å². The van der Waals surface area contributed by atoms with E-state index in [9.17, 15) is 22.0 Å². The van der Waals surface area contributed by atoms with E-state index in [4.69, 9.17) is 0 Å². The Morgan fingerprint density at radius 1 is 1.15 bits per heavy atom. The molecule has 1 N–H and O–H groups in total. The van der Waals surface area contributed by atoms with Crippen LogP contribution in [0, 0.1) is 11.6 Å². The number of sulfonamides is 1. The number of rotatable bonds is 6. The highest BCUT2D eigenvalue weighted by Gasteiger charge is 2.24. The first-order valence-corrected chi connectivity index (χ1v) is 9.33. The lowest BCUT2D eigenvalue weighted by Crippen LogP contribution is -2.30. The molecule has 0 aliphatic rings. The summed E-state index contributed by atoms with van der Waals surface area (Å²) in [4.78, 5) is 16.3. The van der Waals surface area contributed by atoms with Gasteiger partial charge in [0, 0.05) is 19.4 Å². The summed E-state index contributed by atoms with van der Waals surface area (Å²) in [6.45, 7) is -0.783. The predicted molar refractivity (Wildman–Crippen MR) is 94.5 cm³/mol. The molecular weight excluding hydrogens is 376 g/mol. The third-order valence-corrected chi connectivity index (χ3v) is 5.33. The van der Waals surface area contributed by atoms with Gasteiger partial charge in [-0.15, -0.1) is 0 Å². The van der Waals surface area contributed by atoms with Gasteiger partial charge < -0.3 is 4.57 Å². The van der Waals surface area contributed by atoms with Gasteiger partial charge in [-0.2, -0.15) is 0 Å². The van der Waals surface area contributed by atoms with E-state index in [0.29, 0.717) is 0 Å². The molecule has 0 saturated heterocycles. The summed E-state index contributed by atoms with van der Waals surface area (Å²) in [5.41, 5.74) is -0.871. The lowest BCUT2D eigenvalue weighted by Gasteiger charge is -2.10. The highest BCUT2D eigenvalue weighted by molar-refractivity contribution is 7.89. The number of aromatic nitrogens is 2. The topological polar surface area (TPSA) is 81.1 Å². The van der Waals surface area contributed by atoms with Gasteiger partial charge in [-0.3, -0.25) is 4.79 Å². The van der Waals surface area contributed by atoms with Gasteiger partial charge in [-0.25, -0.2) is 26.9 Å². The average molecular weight is 391 g/mol.